The molecule has 37 heteroatoms. The predicted octanol–water partition coefficient (Wildman–Crippen LogP) is 14.4. The van der Waals surface area contributed by atoms with Gasteiger partial charge in [0.15, 0.2) is 16.6 Å². The van der Waals surface area contributed by atoms with Gasteiger partial charge in [0.2, 0.25) is 5.91 Å². The van der Waals surface area contributed by atoms with Gasteiger partial charge in [0.05, 0.1) is 37.8 Å². The number of carboxylic acids is 1. The summed E-state index contributed by atoms with van der Waals surface area (Å²) in [6.07, 6.45) is 17.1. The monoisotopic (exact) mass is 1840 g/mol. The Balaban J connectivity index is 0.000000374. The lowest BCUT2D eigenvalue weighted by Gasteiger charge is -2.38. The molecule has 712 valence electrons. The summed E-state index contributed by atoms with van der Waals surface area (Å²) in [7, 11) is -10.3. The van der Waals surface area contributed by atoms with Crippen LogP contribution in [0.25, 0.3) is 0 Å². The van der Waals surface area contributed by atoms with Gasteiger partial charge in [-0.05, 0) is 192 Å². The number of ether oxygens (including phenoxy) is 6. The minimum atomic E-state index is -4.42. The highest BCUT2D eigenvalue weighted by Gasteiger charge is 2.62. The molecule has 8 rings (SSSR count). The van der Waals surface area contributed by atoms with Crippen molar-refractivity contribution < 1.29 is 107 Å². The van der Waals surface area contributed by atoms with Gasteiger partial charge in [0.1, 0.15) is 68.4 Å². The quantitative estimate of drug-likeness (QED) is 0.00987. The number of carboxylic acid groups (broad SMARTS) is 1. The number of aliphatic carboxylic acids is 1. The Morgan fingerprint density at radius 1 is 0.532 bits per heavy atom. The Hall–Kier alpha value is -8.37. The van der Waals surface area contributed by atoms with E-state index in [4.69, 9.17) is 43.0 Å². The molecule has 0 bridgehead atoms. The molecule has 2 aliphatic heterocycles. The van der Waals surface area contributed by atoms with Crippen molar-refractivity contribution in [3.8, 4) is 0 Å². The van der Waals surface area contributed by atoms with E-state index in [0.717, 1.165) is 103 Å². The van der Waals surface area contributed by atoms with Crippen LogP contribution in [0, 0.1) is 11.8 Å². The zero-order valence-corrected chi connectivity index (χ0v) is 80.6. The number of sulfonamides is 2. The SMILES string of the molecule is C.C=C[C@@H]1C[C@]1(N)C(=O)NS(=O)(=O)c1ccccc1NCCCCCCC[C@H](NC(=O)OC1CCCC1)C(=O)OC.C=C[C@@H]1C[C@]1(NC(=O)[C@@H]1C[C@@H](O[Si](C)(C)C(C)(C)C)CN1C(=O)OC(C)(C)C)C(=O)NS(=O)(=O)c1ccccc1NCCCCCCC[C@H](NC(=O)OC1CCCC1)C(=O)OC.CC(C)(C)OC(=O)N1C[C@H](O[Si](C)(C)C(C)(C)C)C[C@H]1C(=O)O. The average molecular weight is 1850 g/mol. The second kappa shape index (κ2) is 46.8. The van der Waals surface area contributed by atoms with Crippen LogP contribution < -0.4 is 41.8 Å². The summed E-state index contributed by atoms with van der Waals surface area (Å²) >= 11 is 0. The van der Waals surface area contributed by atoms with E-state index >= 15 is 0 Å². The fourth-order valence-electron chi connectivity index (χ4n) is 14.8. The first-order valence-electron chi connectivity index (χ1n) is 44.0. The van der Waals surface area contributed by atoms with Gasteiger partial charge >= 0.3 is 42.3 Å². The number of nitrogens with one attached hydrogen (secondary N) is 7. The molecule has 0 radical (unpaired) electrons. The zero-order chi connectivity index (χ0) is 93.5. The minimum Gasteiger partial charge on any atom is -0.480 e. The first-order valence-corrected chi connectivity index (χ1v) is 52.8. The van der Waals surface area contributed by atoms with Gasteiger partial charge in [-0.1, -0.05) is 137 Å². The molecule has 2 aromatic carbocycles. The fraction of sp³-hybridized carbons (Fsp3) is 0.708. The molecule has 0 spiro atoms. The van der Waals surface area contributed by atoms with Crippen LogP contribution in [0.15, 0.2) is 83.6 Å². The van der Waals surface area contributed by atoms with Crippen molar-refractivity contribution in [2.75, 3.05) is 51.0 Å². The number of rotatable bonds is 39. The summed E-state index contributed by atoms with van der Waals surface area (Å²) in [5.41, 5.74) is 2.40. The van der Waals surface area contributed by atoms with E-state index in [2.05, 4.69) is 117 Å². The topological polar surface area (TPSA) is 450 Å². The fourth-order valence-corrected chi connectivity index (χ4v) is 20.0. The van der Waals surface area contributed by atoms with E-state index in [1.807, 2.05) is 0 Å². The molecule has 10 atom stereocenters. The Morgan fingerprint density at radius 2 is 0.897 bits per heavy atom. The van der Waals surface area contributed by atoms with Crippen LogP contribution in [0.3, 0.4) is 0 Å². The number of hydrogen-bond donors (Lipinski definition) is 9. The third kappa shape index (κ3) is 32.4. The van der Waals surface area contributed by atoms with Crippen molar-refractivity contribution in [1.82, 2.24) is 35.2 Å². The van der Waals surface area contributed by atoms with Crippen molar-refractivity contribution in [3.05, 3.63) is 73.8 Å². The number of amides is 7. The Labute approximate surface area is 750 Å². The number of methoxy groups -OCH3 is 2. The van der Waals surface area contributed by atoms with Gasteiger partial charge in [-0.3, -0.25) is 24.2 Å². The molecular formula is C89H148N10O23S2Si2. The smallest absolute Gasteiger partial charge is 0.411 e. The molecule has 126 heavy (non-hydrogen) atoms. The van der Waals surface area contributed by atoms with E-state index in [1.165, 1.54) is 42.2 Å². The van der Waals surface area contributed by atoms with E-state index in [1.54, 1.807) is 84.0 Å². The third-order valence-corrected chi connectivity index (χ3v) is 36.1. The molecule has 33 nitrogen and oxygen atoms in total. The van der Waals surface area contributed by atoms with Crippen LogP contribution >= 0.6 is 0 Å². The normalized spacial score (nSPS) is 21.9. The molecule has 0 unspecified atom stereocenters. The van der Waals surface area contributed by atoms with E-state index in [0.29, 0.717) is 63.0 Å². The van der Waals surface area contributed by atoms with Crippen LogP contribution in [0.2, 0.25) is 36.3 Å². The number of unbranched alkanes of at least 4 members (excludes halogenated alkanes) is 8. The second-order valence-corrected chi connectivity index (χ2v) is 51.4. The molecular weight excluding hydrogens is 1700 g/mol. The number of benzene rings is 2. The Morgan fingerprint density at radius 3 is 1.25 bits per heavy atom. The first-order chi connectivity index (χ1) is 58.2. The summed E-state index contributed by atoms with van der Waals surface area (Å²) in [6, 6.07) is 9.23. The summed E-state index contributed by atoms with van der Waals surface area (Å²) in [5.74, 6) is -5.07. The lowest BCUT2D eigenvalue weighted by atomic mass is 10.1. The number of hydrogen-bond acceptors (Lipinski definition) is 25. The number of para-hydroxylation sites is 2. The maximum Gasteiger partial charge on any atom is 0.411 e. The van der Waals surface area contributed by atoms with Crippen molar-refractivity contribution >= 4 is 108 Å². The molecule has 4 saturated carbocycles. The summed E-state index contributed by atoms with van der Waals surface area (Å²) in [4.78, 5) is 129. The number of esters is 2. The maximum atomic E-state index is 14.1. The van der Waals surface area contributed by atoms with Crippen LogP contribution in [-0.2, 0) is 86.1 Å². The number of carbonyl (C=O) groups excluding carboxylic acids is 9. The van der Waals surface area contributed by atoms with Crippen LogP contribution in [0.1, 0.15) is 245 Å². The molecule has 2 heterocycles. The highest BCUT2D eigenvalue weighted by atomic mass is 32.2. The summed E-state index contributed by atoms with van der Waals surface area (Å²) in [6.45, 7) is 40.5. The van der Waals surface area contributed by atoms with Crippen LogP contribution in [0.4, 0.5) is 30.6 Å². The standard InChI is InChI=1S/C44H71N5O11SSi.C28H42N4O7S.C16H31NO5Si.CH4/c1-11-30-28-44(30,47-37(50)35-27-32(60-62(9,10)43(5,6)7)29-49(35)41(54)59-42(2,3)4)39(52)48-61(55,56)36-25-19-18-23-33(36)45-26-20-14-12-13-15-24-34(38(51)57-8)46-40(53)58-31-21-16-17-22-31;1-3-20-19-28(20,29)26(34)32-40(36,37)24-17-11-10-15-22(24)30-18-12-6-4-5-7-16-23(25(33)38-2)31-27(35)39-21-13-8-9-14-21;1-15(2,3)21-14(20)17-10-11(9-12(17)13(18)19)22-23(7,8)16(4,5)6;/h11,18-19,23,25,30-32,34-35,45H,1,12-17,20-22,24,26-29H2,2-10H3,(H,46,53)(H,47,50)(H,48,52);3,10-11,15,17,20-21,23,30H,1,4-9,12-14,16,18-19,29H2,2H3,(H,31,35)(H,32,34);11-12H,9-10H2,1-8H3,(H,18,19);1H4/t30-,32-,34+,35+,44-;20-,23+,28-;11-,12+;/m111./s1. The molecule has 6 aliphatic rings. The van der Waals surface area contributed by atoms with Gasteiger partial charge in [0.25, 0.3) is 31.9 Å². The van der Waals surface area contributed by atoms with Gasteiger partial charge < -0.3 is 74.7 Å². The van der Waals surface area contributed by atoms with Gasteiger partial charge in [-0.25, -0.2) is 59.8 Å². The van der Waals surface area contributed by atoms with Gasteiger partial charge in [-0.15, -0.1) is 13.2 Å². The molecule has 2 aromatic rings. The van der Waals surface area contributed by atoms with Crippen molar-refractivity contribution in [1.29, 1.82) is 0 Å². The Kier molecular flexibility index (Phi) is 40.1. The molecule has 6 fully saturated rings. The molecule has 7 amide bonds. The lowest BCUT2D eigenvalue weighted by molar-refractivity contribution is -0.144. The van der Waals surface area contributed by atoms with E-state index < -0.39 is 155 Å². The van der Waals surface area contributed by atoms with E-state index in [-0.39, 0.29) is 77.5 Å². The highest BCUT2D eigenvalue weighted by Crippen LogP contribution is 2.47. The third-order valence-electron chi connectivity index (χ3n) is 24.2. The number of anilines is 2. The van der Waals surface area contributed by atoms with E-state index in [9.17, 15) is 69.9 Å². The van der Waals surface area contributed by atoms with Crippen LogP contribution in [0.5, 0.6) is 0 Å². The number of nitrogens with zero attached hydrogens (tertiary/aromatic N) is 2. The van der Waals surface area contributed by atoms with Crippen molar-refractivity contribution in [2.24, 2.45) is 17.6 Å². The highest BCUT2D eigenvalue weighted by molar-refractivity contribution is 7.90. The largest absolute Gasteiger partial charge is 0.480 e. The number of carbonyl (C=O) groups is 10. The number of nitrogens with two attached hydrogens (primary N) is 1. The summed E-state index contributed by atoms with van der Waals surface area (Å²) < 4.78 is 102. The van der Waals surface area contributed by atoms with Crippen molar-refractivity contribution in [3.63, 3.8) is 0 Å². The Bertz CT molecular complexity index is 4270. The predicted molar refractivity (Wildman–Crippen MR) is 487 cm³/mol. The average Bonchev–Trinajstić information content (AvgIpc) is 1.59. The molecule has 2 saturated heterocycles. The minimum absolute atomic E-state index is 0. The second-order valence-electron chi connectivity index (χ2n) is 38.6. The maximum absolute atomic E-state index is 14.1. The van der Waals surface area contributed by atoms with Crippen molar-refractivity contribution in [2.45, 2.75) is 362 Å². The molecule has 10 N–H and O–H groups in total. The zero-order valence-electron chi connectivity index (χ0n) is 77.0. The lowest BCUT2D eigenvalue weighted by Crippen LogP contribution is -2.56. The molecule has 4 aliphatic carbocycles. The van der Waals surface area contributed by atoms with Gasteiger partial charge in [-0.2, -0.15) is 0 Å². The summed E-state index contributed by atoms with van der Waals surface area (Å²) in [5, 5.41) is 23.8. The number of alkyl carbamates (subject to hydrolysis) is 2. The van der Waals surface area contributed by atoms with Gasteiger partial charge in [0, 0.05) is 50.9 Å². The number of likely N-dealkylation sites (tertiary alicyclic amines) is 2. The van der Waals surface area contributed by atoms with Crippen LogP contribution in [-0.4, -0.2) is 220 Å². The molecule has 0 aromatic heterocycles. The first kappa shape index (κ1) is 108.